The molecule has 1 fully saturated rings. The summed E-state index contributed by atoms with van der Waals surface area (Å²) in [5.41, 5.74) is 4.79. The van der Waals surface area contributed by atoms with Crippen LogP contribution in [-0.4, -0.2) is 66.2 Å². The van der Waals surface area contributed by atoms with E-state index in [4.69, 9.17) is 4.74 Å². The van der Waals surface area contributed by atoms with E-state index >= 15 is 0 Å². The van der Waals surface area contributed by atoms with Gasteiger partial charge in [0.1, 0.15) is 18.5 Å². The molecular formula is C28H34N2O3. The highest BCUT2D eigenvalue weighted by molar-refractivity contribution is 5.92. The molecule has 2 aromatic rings. The summed E-state index contributed by atoms with van der Waals surface area (Å²) in [7, 11) is 0. The molecule has 2 aliphatic rings. The van der Waals surface area contributed by atoms with Crippen LogP contribution >= 0.6 is 0 Å². The smallest absolute Gasteiger partial charge is 0.246 e. The van der Waals surface area contributed by atoms with Gasteiger partial charge >= 0.3 is 0 Å². The van der Waals surface area contributed by atoms with Gasteiger partial charge in [0.15, 0.2) is 0 Å². The van der Waals surface area contributed by atoms with E-state index in [-0.39, 0.29) is 12.5 Å². The summed E-state index contributed by atoms with van der Waals surface area (Å²) in [6, 6.07) is 16.3. The average molecular weight is 447 g/mol. The van der Waals surface area contributed by atoms with Gasteiger partial charge in [0.2, 0.25) is 5.91 Å². The van der Waals surface area contributed by atoms with Crippen molar-refractivity contribution in [3.8, 4) is 5.75 Å². The minimum absolute atomic E-state index is 0.0468. The molecule has 1 amide bonds. The van der Waals surface area contributed by atoms with Crippen molar-refractivity contribution < 1.29 is 14.6 Å². The van der Waals surface area contributed by atoms with Gasteiger partial charge in [0.25, 0.3) is 0 Å². The van der Waals surface area contributed by atoms with Gasteiger partial charge in [0.05, 0.1) is 0 Å². The lowest BCUT2D eigenvalue weighted by Gasteiger charge is -2.28. The van der Waals surface area contributed by atoms with E-state index in [0.29, 0.717) is 12.3 Å². The zero-order chi connectivity index (χ0) is 23.0. The number of nitrogens with zero attached hydrogens (tertiary/aromatic N) is 2. The second kappa shape index (κ2) is 11.3. The van der Waals surface area contributed by atoms with Crippen LogP contribution < -0.4 is 4.74 Å². The number of hydrogen-bond acceptors (Lipinski definition) is 4. The van der Waals surface area contributed by atoms with E-state index in [2.05, 4.69) is 42.2 Å². The largest absolute Gasteiger partial charge is 0.490 e. The number of likely N-dealkylation sites (tertiary alicyclic amines) is 1. The number of aryl methyl sites for hydroxylation is 1. The molecule has 1 saturated heterocycles. The number of aliphatic hydroxyl groups excluding tert-OH is 1. The summed E-state index contributed by atoms with van der Waals surface area (Å²) in [6.45, 7) is 6.33. The summed E-state index contributed by atoms with van der Waals surface area (Å²) >= 11 is 0. The van der Waals surface area contributed by atoms with Crippen LogP contribution in [0.2, 0.25) is 0 Å². The topological polar surface area (TPSA) is 53.0 Å². The van der Waals surface area contributed by atoms with Crippen LogP contribution in [0.1, 0.15) is 36.0 Å². The van der Waals surface area contributed by atoms with Gasteiger partial charge in [-0.1, -0.05) is 54.1 Å². The van der Waals surface area contributed by atoms with Crippen LogP contribution in [0.4, 0.5) is 0 Å². The molecule has 1 unspecified atom stereocenters. The van der Waals surface area contributed by atoms with Gasteiger partial charge in [-0.2, -0.15) is 0 Å². The number of β-amino-alcohol motifs (C(OH)–C–C–N with tert-alkyl or cyclic N) is 1. The molecule has 2 aromatic carbocycles. The lowest BCUT2D eigenvalue weighted by molar-refractivity contribution is -0.124. The predicted octanol–water partition coefficient (Wildman–Crippen LogP) is 4.16. The number of rotatable bonds is 8. The van der Waals surface area contributed by atoms with Crippen LogP contribution in [0.3, 0.4) is 0 Å². The van der Waals surface area contributed by atoms with Crippen molar-refractivity contribution in [2.24, 2.45) is 0 Å². The minimum atomic E-state index is -0.581. The molecule has 0 radical (unpaired) electrons. The number of carbonyl (C=O) groups excluding carboxylic acids is 1. The molecule has 2 aliphatic heterocycles. The van der Waals surface area contributed by atoms with E-state index in [1.54, 1.807) is 6.08 Å². The van der Waals surface area contributed by atoms with E-state index in [1.165, 1.54) is 16.7 Å². The Hall–Kier alpha value is -2.89. The second-order valence-electron chi connectivity index (χ2n) is 8.97. The Balaban J connectivity index is 1.27. The molecule has 4 rings (SSSR count). The maximum absolute atomic E-state index is 12.3. The number of hydrogen-bond donors (Lipinski definition) is 1. The highest BCUT2D eigenvalue weighted by atomic mass is 16.5. The van der Waals surface area contributed by atoms with Crippen LogP contribution in [-0.2, 0) is 4.79 Å². The van der Waals surface area contributed by atoms with E-state index in [0.717, 1.165) is 51.0 Å². The van der Waals surface area contributed by atoms with Gasteiger partial charge in [-0.05, 0) is 49.5 Å². The zero-order valence-corrected chi connectivity index (χ0v) is 19.5. The summed E-state index contributed by atoms with van der Waals surface area (Å²) in [6.07, 6.45) is 8.26. The van der Waals surface area contributed by atoms with Crippen LogP contribution in [0, 0.1) is 6.92 Å². The van der Waals surface area contributed by atoms with Gasteiger partial charge in [-0.15, -0.1) is 0 Å². The van der Waals surface area contributed by atoms with E-state index in [1.807, 2.05) is 35.2 Å². The summed E-state index contributed by atoms with van der Waals surface area (Å²) in [5, 5.41) is 10.6. The molecule has 5 nitrogen and oxygen atoms in total. The lowest BCUT2D eigenvalue weighted by atomic mass is 9.98. The predicted molar refractivity (Wildman–Crippen MR) is 133 cm³/mol. The molecular weight excluding hydrogens is 412 g/mol. The first kappa shape index (κ1) is 23.3. The van der Waals surface area contributed by atoms with Gasteiger partial charge < -0.3 is 14.7 Å². The van der Waals surface area contributed by atoms with Crippen molar-refractivity contribution in [2.45, 2.75) is 32.3 Å². The average Bonchev–Trinajstić information content (AvgIpc) is 3.38. The normalized spacial score (nSPS) is 17.9. The Morgan fingerprint density at radius 2 is 1.85 bits per heavy atom. The molecule has 0 saturated carbocycles. The van der Waals surface area contributed by atoms with Gasteiger partial charge in [0, 0.05) is 44.4 Å². The number of ether oxygens (including phenoxy) is 1. The molecule has 0 spiro atoms. The molecule has 1 atom stereocenters. The van der Waals surface area contributed by atoms with E-state index in [9.17, 15) is 9.90 Å². The Morgan fingerprint density at radius 1 is 1.09 bits per heavy atom. The van der Waals surface area contributed by atoms with Crippen LogP contribution in [0.15, 0.2) is 60.7 Å². The fraction of sp³-hybridized carbons (Fsp3) is 0.393. The third-order valence-electron chi connectivity index (χ3n) is 6.36. The number of aliphatic hydroxyl groups is 1. The van der Waals surface area contributed by atoms with Crippen molar-refractivity contribution in [2.75, 3.05) is 39.3 Å². The first-order chi connectivity index (χ1) is 16.1. The molecule has 0 bridgehead atoms. The Labute approximate surface area is 197 Å². The Bertz CT molecular complexity index is 990. The third-order valence-corrected chi connectivity index (χ3v) is 6.36. The quantitative estimate of drug-likeness (QED) is 0.619. The third kappa shape index (κ3) is 6.56. The molecule has 0 aliphatic carbocycles. The molecule has 174 valence electrons. The maximum Gasteiger partial charge on any atom is 0.246 e. The van der Waals surface area contributed by atoms with Gasteiger partial charge in [-0.25, -0.2) is 0 Å². The monoisotopic (exact) mass is 446 g/mol. The van der Waals surface area contributed by atoms with Crippen molar-refractivity contribution in [1.82, 2.24) is 9.80 Å². The van der Waals surface area contributed by atoms with Crippen LogP contribution in [0.25, 0.3) is 11.6 Å². The first-order valence-corrected chi connectivity index (χ1v) is 11.9. The molecule has 0 aromatic heterocycles. The number of para-hydroxylation sites is 1. The molecule has 1 N–H and O–H groups in total. The fourth-order valence-corrected chi connectivity index (χ4v) is 4.40. The minimum Gasteiger partial charge on any atom is -0.490 e. The Morgan fingerprint density at radius 3 is 2.58 bits per heavy atom. The summed E-state index contributed by atoms with van der Waals surface area (Å²) < 4.78 is 5.93. The molecule has 2 heterocycles. The first-order valence-electron chi connectivity index (χ1n) is 11.9. The zero-order valence-electron chi connectivity index (χ0n) is 19.5. The number of carbonyl (C=O) groups is 1. The van der Waals surface area contributed by atoms with Crippen molar-refractivity contribution >= 4 is 17.6 Å². The maximum atomic E-state index is 12.3. The van der Waals surface area contributed by atoms with Crippen molar-refractivity contribution in [3.63, 3.8) is 0 Å². The number of benzene rings is 2. The van der Waals surface area contributed by atoms with Crippen molar-refractivity contribution in [3.05, 3.63) is 77.4 Å². The fourth-order valence-electron chi connectivity index (χ4n) is 4.40. The standard InChI is InChI=1S/C28H34N2O3/c1-22-8-10-23(11-9-22)24-14-18-29(19-15-24)20-26(31)21-33-27-7-3-2-6-25(27)12-13-28(32)30-16-4-5-17-30/h2-3,6-14,26,31H,4-5,15-21H2,1H3. The Kier molecular flexibility index (Phi) is 7.97. The summed E-state index contributed by atoms with van der Waals surface area (Å²) in [5.74, 6) is 0.729. The molecule has 33 heavy (non-hydrogen) atoms. The second-order valence-corrected chi connectivity index (χ2v) is 8.97. The SMILES string of the molecule is Cc1ccc(C2=CCN(CC(O)COc3ccccc3C=CC(=O)N3CCCC3)CC2)cc1. The summed E-state index contributed by atoms with van der Waals surface area (Å²) in [4.78, 5) is 16.4. The van der Waals surface area contributed by atoms with E-state index < -0.39 is 6.10 Å². The van der Waals surface area contributed by atoms with Gasteiger partial charge in [-0.3, -0.25) is 9.69 Å². The molecule has 5 heteroatoms. The van der Waals surface area contributed by atoms with Crippen LogP contribution in [0.5, 0.6) is 5.75 Å². The lowest BCUT2D eigenvalue weighted by Crippen LogP contribution is -2.38. The highest BCUT2D eigenvalue weighted by Gasteiger charge is 2.18. The number of amides is 1. The van der Waals surface area contributed by atoms with Crippen molar-refractivity contribution in [1.29, 1.82) is 0 Å². The highest BCUT2D eigenvalue weighted by Crippen LogP contribution is 2.23.